The Bertz CT molecular complexity index is 565. The maximum Gasteiger partial charge on any atom is 0.308 e. The van der Waals surface area contributed by atoms with Gasteiger partial charge in [-0.3, -0.25) is 9.59 Å². The Hall–Kier alpha value is -2.30. The third kappa shape index (κ3) is 6.86. The molecule has 5 nitrogen and oxygen atoms in total. The average molecular weight is 333 g/mol. The van der Waals surface area contributed by atoms with Gasteiger partial charge in [-0.05, 0) is 44.4 Å². The monoisotopic (exact) mass is 333 g/mol. The number of carboxylic acids is 1. The minimum absolute atomic E-state index is 0.113. The summed E-state index contributed by atoms with van der Waals surface area (Å²) >= 11 is 0. The highest BCUT2D eigenvalue weighted by atomic mass is 16.5. The summed E-state index contributed by atoms with van der Waals surface area (Å²) in [5, 5.41) is 12.1. The van der Waals surface area contributed by atoms with Crippen LogP contribution in [0, 0.1) is 11.8 Å². The molecule has 2 unspecified atom stereocenters. The van der Waals surface area contributed by atoms with Gasteiger partial charge in [-0.15, -0.1) is 6.58 Å². The lowest BCUT2D eigenvalue weighted by atomic mass is 9.98. The van der Waals surface area contributed by atoms with E-state index in [0.717, 1.165) is 16.9 Å². The van der Waals surface area contributed by atoms with Gasteiger partial charge in [-0.2, -0.15) is 0 Å². The Morgan fingerprint density at radius 1 is 1.29 bits per heavy atom. The van der Waals surface area contributed by atoms with Crippen molar-refractivity contribution in [1.29, 1.82) is 0 Å². The van der Waals surface area contributed by atoms with Crippen LogP contribution in [0.5, 0.6) is 5.75 Å². The van der Waals surface area contributed by atoms with Crippen molar-refractivity contribution in [2.75, 3.05) is 13.2 Å². The number of allylic oxidation sites excluding steroid dienone is 1. The van der Waals surface area contributed by atoms with Crippen LogP contribution >= 0.6 is 0 Å². The van der Waals surface area contributed by atoms with Gasteiger partial charge in [0.15, 0.2) is 0 Å². The largest absolute Gasteiger partial charge is 0.494 e. The predicted octanol–water partition coefficient (Wildman–Crippen LogP) is 3.05. The summed E-state index contributed by atoms with van der Waals surface area (Å²) in [6.07, 6.45) is 0.958. The molecule has 1 rings (SSSR count). The fraction of sp³-hybridized carbons (Fsp3) is 0.474. The highest BCUT2D eigenvalue weighted by Crippen LogP contribution is 2.16. The molecule has 0 spiro atoms. The highest BCUT2D eigenvalue weighted by Gasteiger charge is 2.21. The van der Waals surface area contributed by atoms with Gasteiger partial charge in [-0.25, -0.2) is 0 Å². The number of carbonyl (C=O) groups excluding carboxylic acids is 1. The maximum absolute atomic E-state index is 12.0. The molecule has 0 bridgehead atoms. The van der Waals surface area contributed by atoms with Gasteiger partial charge >= 0.3 is 5.97 Å². The molecule has 0 heterocycles. The summed E-state index contributed by atoms with van der Waals surface area (Å²) in [6, 6.07) is 7.36. The number of aliphatic carboxylic acids is 1. The average Bonchev–Trinajstić information content (AvgIpc) is 2.52. The quantitative estimate of drug-likeness (QED) is 0.645. The molecule has 5 heteroatoms. The Morgan fingerprint density at radius 3 is 2.42 bits per heavy atom. The third-order valence-electron chi connectivity index (χ3n) is 3.69. The summed E-state index contributed by atoms with van der Waals surface area (Å²) < 4.78 is 5.37. The lowest BCUT2D eigenvalue weighted by molar-refractivity contribution is -0.141. The number of amides is 1. The molecule has 0 saturated heterocycles. The van der Waals surface area contributed by atoms with Crippen LogP contribution in [0.4, 0.5) is 0 Å². The maximum atomic E-state index is 12.0. The molecule has 1 amide bonds. The molecule has 24 heavy (non-hydrogen) atoms. The van der Waals surface area contributed by atoms with E-state index in [-0.39, 0.29) is 18.4 Å². The van der Waals surface area contributed by atoms with Crippen molar-refractivity contribution in [3.63, 3.8) is 0 Å². The van der Waals surface area contributed by atoms with Crippen molar-refractivity contribution >= 4 is 11.9 Å². The first kappa shape index (κ1) is 19.7. The van der Waals surface area contributed by atoms with Crippen LogP contribution in [-0.4, -0.2) is 30.1 Å². The minimum Gasteiger partial charge on any atom is -0.494 e. The molecule has 0 saturated carbocycles. The van der Waals surface area contributed by atoms with Gasteiger partial charge < -0.3 is 15.2 Å². The van der Waals surface area contributed by atoms with E-state index < -0.39 is 11.9 Å². The van der Waals surface area contributed by atoms with E-state index in [2.05, 4.69) is 11.9 Å². The zero-order valence-electron chi connectivity index (χ0n) is 14.7. The number of carbonyl (C=O) groups is 2. The number of nitrogens with one attached hydrogen (secondary N) is 1. The molecule has 0 aliphatic carbocycles. The first-order chi connectivity index (χ1) is 11.3. The second-order valence-electron chi connectivity index (χ2n) is 6.12. The van der Waals surface area contributed by atoms with Gasteiger partial charge in [-0.1, -0.05) is 24.6 Å². The topological polar surface area (TPSA) is 75.6 Å². The first-order valence-corrected chi connectivity index (χ1v) is 8.20. The molecular weight excluding hydrogens is 306 g/mol. The summed E-state index contributed by atoms with van der Waals surface area (Å²) in [5.41, 5.74) is 1.83. The fourth-order valence-corrected chi connectivity index (χ4v) is 2.43. The van der Waals surface area contributed by atoms with Gasteiger partial charge in [0.05, 0.1) is 12.5 Å². The van der Waals surface area contributed by atoms with E-state index in [1.807, 2.05) is 45.0 Å². The Labute approximate surface area is 143 Å². The molecule has 0 aliphatic rings. The first-order valence-electron chi connectivity index (χ1n) is 8.20. The van der Waals surface area contributed by atoms with Crippen LogP contribution in [0.25, 0.3) is 0 Å². The molecule has 0 fully saturated rings. The number of hydrogen-bond acceptors (Lipinski definition) is 3. The molecular formula is C19H27NO4. The van der Waals surface area contributed by atoms with E-state index in [9.17, 15) is 14.7 Å². The molecule has 1 aromatic carbocycles. The summed E-state index contributed by atoms with van der Waals surface area (Å²) in [7, 11) is 0. The minimum atomic E-state index is -0.920. The number of benzene rings is 1. The molecule has 2 atom stereocenters. The van der Waals surface area contributed by atoms with Crippen LogP contribution in [0.2, 0.25) is 0 Å². The van der Waals surface area contributed by atoms with Crippen molar-refractivity contribution < 1.29 is 19.4 Å². The van der Waals surface area contributed by atoms with Crippen LogP contribution in [0.1, 0.15) is 32.8 Å². The van der Waals surface area contributed by atoms with Crippen LogP contribution in [0.15, 0.2) is 36.4 Å². The van der Waals surface area contributed by atoms with Crippen molar-refractivity contribution in [3.05, 3.63) is 42.0 Å². The predicted molar refractivity (Wildman–Crippen MR) is 94.0 cm³/mol. The second kappa shape index (κ2) is 9.75. The van der Waals surface area contributed by atoms with Crippen molar-refractivity contribution in [3.8, 4) is 5.75 Å². The molecule has 132 valence electrons. The number of carboxylic acid groups (broad SMARTS) is 1. The third-order valence-corrected chi connectivity index (χ3v) is 3.69. The summed E-state index contributed by atoms with van der Waals surface area (Å²) in [4.78, 5) is 23.5. The zero-order valence-corrected chi connectivity index (χ0v) is 14.7. The van der Waals surface area contributed by atoms with Crippen molar-refractivity contribution in [2.24, 2.45) is 11.8 Å². The van der Waals surface area contributed by atoms with Crippen molar-refractivity contribution in [2.45, 2.75) is 33.6 Å². The fourth-order valence-electron chi connectivity index (χ4n) is 2.43. The molecule has 0 aliphatic heterocycles. The van der Waals surface area contributed by atoms with E-state index in [1.165, 1.54) is 0 Å². The summed E-state index contributed by atoms with van der Waals surface area (Å²) in [5.74, 6) is -1.17. The number of rotatable bonds is 10. The Balaban J connectivity index is 2.59. The molecule has 0 aromatic heterocycles. The van der Waals surface area contributed by atoms with E-state index >= 15 is 0 Å². The Morgan fingerprint density at radius 2 is 1.92 bits per heavy atom. The van der Waals surface area contributed by atoms with Gasteiger partial charge in [0.25, 0.3) is 0 Å². The standard InChI is InChI=1S/C19H27NO4/c1-5-24-17-8-6-15(7-9-17)11-16(19(22)23)12-20-18(21)14(4)10-13(2)3/h6-9,14,16H,2,5,10-12H2,1,3-4H3,(H,20,21)(H,22,23). The summed E-state index contributed by atoms with van der Waals surface area (Å²) in [6.45, 7) is 10.1. The molecule has 0 radical (unpaired) electrons. The van der Waals surface area contributed by atoms with E-state index in [4.69, 9.17) is 4.74 Å². The number of ether oxygens (including phenoxy) is 1. The normalized spacial score (nSPS) is 13.0. The second-order valence-corrected chi connectivity index (χ2v) is 6.12. The SMILES string of the molecule is C=C(C)CC(C)C(=O)NCC(Cc1ccc(OCC)cc1)C(=O)O. The van der Waals surface area contributed by atoms with Gasteiger partial charge in [0.2, 0.25) is 5.91 Å². The van der Waals surface area contributed by atoms with E-state index in [0.29, 0.717) is 19.4 Å². The van der Waals surface area contributed by atoms with Gasteiger partial charge in [0.1, 0.15) is 5.75 Å². The van der Waals surface area contributed by atoms with Crippen LogP contribution in [0.3, 0.4) is 0 Å². The van der Waals surface area contributed by atoms with Crippen molar-refractivity contribution in [1.82, 2.24) is 5.32 Å². The highest BCUT2D eigenvalue weighted by molar-refractivity contribution is 5.79. The number of hydrogen-bond donors (Lipinski definition) is 2. The molecule has 2 N–H and O–H groups in total. The van der Waals surface area contributed by atoms with Crippen LogP contribution < -0.4 is 10.1 Å². The lowest BCUT2D eigenvalue weighted by Crippen LogP contribution is -2.36. The zero-order chi connectivity index (χ0) is 18.1. The molecule has 1 aromatic rings. The Kier molecular flexibility index (Phi) is 8.02. The van der Waals surface area contributed by atoms with Crippen LogP contribution in [-0.2, 0) is 16.0 Å². The smallest absolute Gasteiger partial charge is 0.308 e. The van der Waals surface area contributed by atoms with Gasteiger partial charge in [0, 0.05) is 12.5 Å². The van der Waals surface area contributed by atoms with E-state index in [1.54, 1.807) is 0 Å². The lowest BCUT2D eigenvalue weighted by Gasteiger charge is -2.16.